The highest BCUT2D eigenvalue weighted by atomic mass is 32.2. The lowest BCUT2D eigenvalue weighted by Gasteiger charge is -2.06. The molecule has 2 rings (SSSR count). The molecule has 1 aromatic heterocycles. The fourth-order valence-electron chi connectivity index (χ4n) is 2.27. The second-order valence-electron chi connectivity index (χ2n) is 5.54. The van der Waals surface area contributed by atoms with Crippen molar-refractivity contribution in [3.63, 3.8) is 0 Å². The zero-order chi connectivity index (χ0) is 17.2. The molecule has 0 aliphatic heterocycles. The number of hydrogen-bond acceptors (Lipinski definition) is 4. The molecule has 0 aliphatic carbocycles. The van der Waals surface area contributed by atoms with Gasteiger partial charge in [0.15, 0.2) is 5.16 Å². The van der Waals surface area contributed by atoms with Crippen molar-refractivity contribution in [3.05, 3.63) is 46.4 Å². The molecule has 7 heteroatoms. The molecule has 0 atom stereocenters. The van der Waals surface area contributed by atoms with E-state index in [-0.39, 0.29) is 17.3 Å². The minimum absolute atomic E-state index is 0.0365. The quantitative estimate of drug-likeness (QED) is 0.510. The van der Waals surface area contributed by atoms with Gasteiger partial charge in [0.05, 0.1) is 5.75 Å². The summed E-state index contributed by atoms with van der Waals surface area (Å²) in [6.07, 6.45) is 3.77. The van der Waals surface area contributed by atoms with Crippen LogP contribution in [0.15, 0.2) is 40.3 Å². The zero-order valence-corrected chi connectivity index (χ0v) is 14.8. The first kappa shape index (κ1) is 18.3. The van der Waals surface area contributed by atoms with E-state index in [4.69, 9.17) is 0 Å². The molecule has 1 aromatic carbocycles. The van der Waals surface area contributed by atoms with Gasteiger partial charge in [-0.3, -0.25) is 9.36 Å². The molecule has 0 radical (unpaired) electrons. The average molecular weight is 348 g/mol. The van der Waals surface area contributed by atoms with Crippen LogP contribution in [0.1, 0.15) is 31.7 Å². The molecule has 1 heterocycles. The third-order valence-corrected chi connectivity index (χ3v) is 4.57. The zero-order valence-electron chi connectivity index (χ0n) is 14.0. The molecule has 2 aromatic rings. The van der Waals surface area contributed by atoms with Gasteiger partial charge in [0, 0.05) is 13.1 Å². The van der Waals surface area contributed by atoms with Crippen LogP contribution in [-0.2, 0) is 17.8 Å². The van der Waals surface area contributed by atoms with E-state index in [0.29, 0.717) is 18.2 Å². The lowest BCUT2D eigenvalue weighted by atomic mass is 10.1. The summed E-state index contributed by atoms with van der Waals surface area (Å²) >= 11 is 1.29. The van der Waals surface area contributed by atoms with Crippen molar-refractivity contribution in [2.75, 3.05) is 12.3 Å². The first-order chi connectivity index (χ1) is 11.7. The summed E-state index contributed by atoms with van der Waals surface area (Å²) < 4.78 is 1.59. The highest BCUT2D eigenvalue weighted by molar-refractivity contribution is 7.99. The molecule has 0 spiro atoms. The smallest absolute Gasteiger partial charge is 0.343 e. The number of amides is 1. The van der Waals surface area contributed by atoms with Crippen LogP contribution in [0.3, 0.4) is 0 Å². The van der Waals surface area contributed by atoms with E-state index in [1.165, 1.54) is 17.3 Å². The number of thioether (sulfide) groups is 1. The Bertz CT molecular complexity index is 681. The standard InChI is InChI=1S/C17H24N4O2S/c1-2-3-12-21-16(23)19-20-17(21)24-13-15(22)18-11-7-10-14-8-5-4-6-9-14/h4-6,8-9H,2-3,7,10-13H2,1H3,(H,18,22)(H,19,23). The molecule has 1 amide bonds. The fraction of sp³-hybridized carbons (Fsp3) is 0.471. The average Bonchev–Trinajstić information content (AvgIpc) is 2.96. The van der Waals surface area contributed by atoms with E-state index in [0.717, 1.165) is 25.7 Å². The van der Waals surface area contributed by atoms with Crippen LogP contribution >= 0.6 is 11.8 Å². The van der Waals surface area contributed by atoms with Gasteiger partial charge in [0.2, 0.25) is 5.91 Å². The van der Waals surface area contributed by atoms with Crippen LogP contribution in [0.2, 0.25) is 0 Å². The maximum atomic E-state index is 11.9. The molecule has 0 saturated heterocycles. The summed E-state index contributed by atoms with van der Waals surface area (Å²) in [7, 11) is 0. The van der Waals surface area contributed by atoms with Crippen molar-refractivity contribution in [1.82, 2.24) is 20.1 Å². The van der Waals surface area contributed by atoms with Gasteiger partial charge in [-0.15, -0.1) is 5.10 Å². The number of aryl methyl sites for hydroxylation is 1. The molecule has 0 fully saturated rings. The SMILES string of the molecule is CCCCn1c(SCC(=O)NCCCc2ccccc2)n[nH]c1=O. The van der Waals surface area contributed by atoms with Gasteiger partial charge in [-0.1, -0.05) is 55.4 Å². The largest absolute Gasteiger partial charge is 0.355 e. The number of H-pyrrole nitrogens is 1. The van der Waals surface area contributed by atoms with E-state index >= 15 is 0 Å². The lowest BCUT2D eigenvalue weighted by Crippen LogP contribution is -2.26. The van der Waals surface area contributed by atoms with Crippen LogP contribution in [0, 0.1) is 0 Å². The molecule has 2 N–H and O–H groups in total. The molecule has 0 saturated carbocycles. The first-order valence-corrected chi connectivity index (χ1v) is 9.28. The molecule has 0 aliphatic rings. The Labute approximate surface area is 146 Å². The van der Waals surface area contributed by atoms with Crippen molar-refractivity contribution in [1.29, 1.82) is 0 Å². The van der Waals surface area contributed by atoms with E-state index < -0.39 is 0 Å². The van der Waals surface area contributed by atoms with Gasteiger partial charge in [-0.05, 0) is 24.8 Å². The molecule has 6 nitrogen and oxygen atoms in total. The fourth-order valence-corrected chi connectivity index (χ4v) is 3.08. The number of benzene rings is 1. The summed E-state index contributed by atoms with van der Waals surface area (Å²) in [5, 5.41) is 9.91. The lowest BCUT2D eigenvalue weighted by molar-refractivity contribution is -0.118. The number of rotatable bonds is 10. The predicted molar refractivity (Wildman–Crippen MR) is 96.3 cm³/mol. The molecule has 24 heavy (non-hydrogen) atoms. The Hall–Kier alpha value is -2.02. The summed E-state index contributed by atoms with van der Waals surface area (Å²) in [6, 6.07) is 10.2. The van der Waals surface area contributed by atoms with Crippen LogP contribution in [0.4, 0.5) is 0 Å². The van der Waals surface area contributed by atoms with Crippen molar-refractivity contribution in [3.8, 4) is 0 Å². The highest BCUT2D eigenvalue weighted by Gasteiger charge is 2.10. The maximum absolute atomic E-state index is 11.9. The summed E-state index contributed by atoms with van der Waals surface area (Å²) in [5.41, 5.74) is 1.06. The monoisotopic (exact) mass is 348 g/mol. The van der Waals surface area contributed by atoms with Gasteiger partial charge < -0.3 is 5.32 Å². The number of aromatic nitrogens is 3. The number of carbonyl (C=O) groups excluding carboxylic acids is 1. The van der Waals surface area contributed by atoms with Gasteiger partial charge >= 0.3 is 5.69 Å². The van der Waals surface area contributed by atoms with E-state index in [1.807, 2.05) is 18.2 Å². The number of hydrogen-bond donors (Lipinski definition) is 2. The minimum atomic E-state index is -0.214. The second-order valence-corrected chi connectivity index (χ2v) is 6.49. The Balaban J connectivity index is 1.69. The molecular formula is C17H24N4O2S. The summed E-state index contributed by atoms with van der Waals surface area (Å²) in [6.45, 7) is 3.35. The Morgan fingerprint density at radius 3 is 2.83 bits per heavy atom. The minimum Gasteiger partial charge on any atom is -0.355 e. The number of carbonyl (C=O) groups is 1. The van der Waals surface area contributed by atoms with Crippen LogP contribution < -0.4 is 11.0 Å². The van der Waals surface area contributed by atoms with E-state index in [9.17, 15) is 9.59 Å². The topological polar surface area (TPSA) is 79.8 Å². The number of nitrogens with one attached hydrogen (secondary N) is 2. The summed E-state index contributed by atoms with van der Waals surface area (Å²) in [5.74, 6) is 0.229. The van der Waals surface area contributed by atoms with Crippen LogP contribution in [0.25, 0.3) is 0 Å². The van der Waals surface area contributed by atoms with E-state index in [1.54, 1.807) is 4.57 Å². The third-order valence-electron chi connectivity index (χ3n) is 3.60. The second kappa shape index (κ2) is 9.97. The van der Waals surface area contributed by atoms with Crippen molar-refractivity contribution >= 4 is 17.7 Å². The van der Waals surface area contributed by atoms with Gasteiger partial charge in [-0.2, -0.15) is 0 Å². The Kier molecular flexibility index (Phi) is 7.61. The highest BCUT2D eigenvalue weighted by Crippen LogP contribution is 2.13. The van der Waals surface area contributed by atoms with Crippen molar-refractivity contribution < 1.29 is 4.79 Å². The normalized spacial score (nSPS) is 10.7. The molecular weight excluding hydrogens is 324 g/mol. The Morgan fingerprint density at radius 1 is 1.29 bits per heavy atom. The van der Waals surface area contributed by atoms with Crippen LogP contribution in [0.5, 0.6) is 0 Å². The van der Waals surface area contributed by atoms with Crippen LogP contribution in [-0.4, -0.2) is 33.0 Å². The maximum Gasteiger partial charge on any atom is 0.343 e. The van der Waals surface area contributed by atoms with Gasteiger partial charge in [0.1, 0.15) is 0 Å². The van der Waals surface area contributed by atoms with Crippen molar-refractivity contribution in [2.45, 2.75) is 44.3 Å². The molecule has 130 valence electrons. The van der Waals surface area contributed by atoms with Gasteiger partial charge in [0.25, 0.3) is 0 Å². The van der Waals surface area contributed by atoms with Gasteiger partial charge in [-0.25, -0.2) is 9.89 Å². The molecule has 0 bridgehead atoms. The predicted octanol–water partition coefficient (Wildman–Crippen LogP) is 2.21. The third kappa shape index (κ3) is 5.88. The number of unbranched alkanes of at least 4 members (excludes halogenated alkanes) is 1. The first-order valence-electron chi connectivity index (χ1n) is 8.29. The molecule has 0 unspecified atom stereocenters. The Morgan fingerprint density at radius 2 is 2.08 bits per heavy atom. The van der Waals surface area contributed by atoms with Crippen molar-refractivity contribution in [2.24, 2.45) is 0 Å². The number of nitrogens with zero attached hydrogens (tertiary/aromatic N) is 2. The summed E-state index contributed by atoms with van der Waals surface area (Å²) in [4.78, 5) is 23.6. The van der Waals surface area contributed by atoms with E-state index in [2.05, 4.69) is 34.6 Å². The number of aromatic amines is 1.